The molecule has 6 aromatic rings. The number of fused-ring (bicyclic) bond motifs is 6. The van der Waals surface area contributed by atoms with Gasteiger partial charge in [-0.2, -0.15) is 0 Å². The SMILES string of the molecule is O=C(Nc1ccc2c(c1)oc1ccccc12)c1cc2c(ccc3ccccc32)o1. The molecule has 0 aliphatic rings. The van der Waals surface area contributed by atoms with Gasteiger partial charge in [-0.1, -0.05) is 48.5 Å². The summed E-state index contributed by atoms with van der Waals surface area (Å²) in [5.41, 5.74) is 2.92. The Balaban J connectivity index is 1.37. The van der Waals surface area contributed by atoms with E-state index in [1.54, 1.807) is 6.07 Å². The van der Waals surface area contributed by atoms with Gasteiger partial charge in [0.15, 0.2) is 5.76 Å². The van der Waals surface area contributed by atoms with Crippen LogP contribution in [-0.4, -0.2) is 5.91 Å². The first-order valence-corrected chi connectivity index (χ1v) is 9.40. The van der Waals surface area contributed by atoms with Crippen LogP contribution in [-0.2, 0) is 0 Å². The number of anilines is 1. The molecule has 0 bridgehead atoms. The third kappa shape index (κ3) is 2.50. The van der Waals surface area contributed by atoms with Crippen molar-refractivity contribution >= 4 is 55.3 Å². The number of hydrogen-bond donors (Lipinski definition) is 1. The van der Waals surface area contributed by atoms with Crippen LogP contribution in [0.2, 0.25) is 0 Å². The molecule has 0 spiro atoms. The van der Waals surface area contributed by atoms with E-state index < -0.39 is 0 Å². The zero-order valence-corrected chi connectivity index (χ0v) is 15.3. The molecule has 2 aromatic heterocycles. The summed E-state index contributed by atoms with van der Waals surface area (Å²) in [6.07, 6.45) is 0. The first-order valence-electron chi connectivity index (χ1n) is 9.40. The maximum absolute atomic E-state index is 12.8. The Kier molecular flexibility index (Phi) is 3.29. The summed E-state index contributed by atoms with van der Waals surface area (Å²) in [6, 6.07) is 27.3. The van der Waals surface area contributed by atoms with Gasteiger partial charge in [0.2, 0.25) is 0 Å². The van der Waals surface area contributed by atoms with E-state index in [1.165, 1.54) is 0 Å². The van der Waals surface area contributed by atoms with Crippen molar-refractivity contribution in [3.63, 3.8) is 0 Å². The Morgan fingerprint density at radius 2 is 1.38 bits per heavy atom. The van der Waals surface area contributed by atoms with E-state index in [2.05, 4.69) is 5.32 Å². The molecule has 4 heteroatoms. The van der Waals surface area contributed by atoms with Gasteiger partial charge >= 0.3 is 0 Å². The molecule has 1 amide bonds. The fourth-order valence-corrected chi connectivity index (χ4v) is 3.90. The van der Waals surface area contributed by atoms with Crippen molar-refractivity contribution in [2.75, 3.05) is 5.32 Å². The lowest BCUT2D eigenvalue weighted by molar-refractivity contribution is 0.0998. The third-order valence-corrected chi connectivity index (χ3v) is 5.29. The molecule has 0 aliphatic carbocycles. The van der Waals surface area contributed by atoms with Crippen LogP contribution in [0.3, 0.4) is 0 Å². The standard InChI is InChI=1S/C25H15NO3/c27-25(24-14-20-17-6-2-1-5-15(17)9-12-22(20)29-24)26-16-10-11-19-18-7-3-4-8-21(18)28-23(19)13-16/h1-14H,(H,26,27). The fourth-order valence-electron chi connectivity index (χ4n) is 3.90. The molecule has 0 unspecified atom stereocenters. The van der Waals surface area contributed by atoms with Gasteiger partial charge in [0.1, 0.15) is 16.7 Å². The zero-order chi connectivity index (χ0) is 19.4. The van der Waals surface area contributed by atoms with E-state index in [4.69, 9.17) is 8.83 Å². The average molecular weight is 377 g/mol. The van der Waals surface area contributed by atoms with Crippen LogP contribution in [0.5, 0.6) is 0 Å². The largest absolute Gasteiger partial charge is 0.456 e. The molecule has 1 N–H and O–H groups in total. The maximum atomic E-state index is 12.8. The van der Waals surface area contributed by atoms with Crippen LogP contribution in [0, 0.1) is 0 Å². The molecule has 29 heavy (non-hydrogen) atoms. The summed E-state index contributed by atoms with van der Waals surface area (Å²) in [5.74, 6) is -0.0122. The molecule has 0 aliphatic heterocycles. The molecular weight excluding hydrogens is 362 g/mol. The molecule has 2 heterocycles. The van der Waals surface area contributed by atoms with Crippen LogP contribution in [0.1, 0.15) is 10.6 Å². The quantitative estimate of drug-likeness (QED) is 0.364. The minimum absolute atomic E-state index is 0.279. The Morgan fingerprint density at radius 3 is 2.31 bits per heavy atom. The van der Waals surface area contributed by atoms with Gasteiger partial charge in [0, 0.05) is 27.9 Å². The van der Waals surface area contributed by atoms with E-state index in [-0.39, 0.29) is 11.7 Å². The summed E-state index contributed by atoms with van der Waals surface area (Å²) in [4.78, 5) is 12.8. The minimum atomic E-state index is -0.291. The first-order chi connectivity index (χ1) is 14.3. The second-order valence-corrected chi connectivity index (χ2v) is 7.07. The Bertz CT molecular complexity index is 1550. The van der Waals surface area contributed by atoms with Gasteiger partial charge in [-0.05, 0) is 41.1 Å². The van der Waals surface area contributed by atoms with Gasteiger partial charge in [0.25, 0.3) is 5.91 Å². The highest BCUT2D eigenvalue weighted by Gasteiger charge is 2.15. The number of para-hydroxylation sites is 1. The fraction of sp³-hybridized carbons (Fsp3) is 0. The monoisotopic (exact) mass is 377 g/mol. The predicted molar refractivity (Wildman–Crippen MR) is 115 cm³/mol. The Hall–Kier alpha value is -4.05. The van der Waals surface area contributed by atoms with Gasteiger partial charge in [0.05, 0.1) is 0 Å². The highest BCUT2D eigenvalue weighted by atomic mass is 16.3. The van der Waals surface area contributed by atoms with Crippen LogP contribution in [0.25, 0.3) is 43.7 Å². The summed E-state index contributed by atoms with van der Waals surface area (Å²) >= 11 is 0. The molecule has 0 fully saturated rings. The topological polar surface area (TPSA) is 55.4 Å². The van der Waals surface area contributed by atoms with E-state index in [0.717, 1.165) is 38.1 Å². The lowest BCUT2D eigenvalue weighted by Crippen LogP contribution is -2.10. The van der Waals surface area contributed by atoms with Crippen molar-refractivity contribution in [3.8, 4) is 0 Å². The van der Waals surface area contributed by atoms with Crippen LogP contribution in [0.15, 0.2) is 93.8 Å². The number of benzene rings is 4. The number of carbonyl (C=O) groups is 1. The van der Waals surface area contributed by atoms with Crippen molar-refractivity contribution in [1.29, 1.82) is 0 Å². The molecule has 0 saturated heterocycles. The smallest absolute Gasteiger partial charge is 0.291 e. The average Bonchev–Trinajstić information content (AvgIpc) is 3.35. The number of amides is 1. The highest BCUT2D eigenvalue weighted by Crippen LogP contribution is 2.31. The molecule has 0 radical (unpaired) electrons. The highest BCUT2D eigenvalue weighted by molar-refractivity contribution is 6.11. The molecule has 0 saturated carbocycles. The number of nitrogens with one attached hydrogen (secondary N) is 1. The lowest BCUT2D eigenvalue weighted by Gasteiger charge is -2.02. The summed E-state index contributed by atoms with van der Waals surface area (Å²) in [7, 11) is 0. The molecule has 4 aromatic carbocycles. The van der Waals surface area contributed by atoms with Crippen LogP contribution >= 0.6 is 0 Å². The third-order valence-electron chi connectivity index (χ3n) is 5.29. The van der Waals surface area contributed by atoms with Gasteiger partial charge < -0.3 is 14.2 Å². The summed E-state index contributed by atoms with van der Waals surface area (Å²) in [6.45, 7) is 0. The second-order valence-electron chi connectivity index (χ2n) is 7.07. The second kappa shape index (κ2) is 5.97. The molecule has 0 atom stereocenters. The van der Waals surface area contributed by atoms with E-state index in [9.17, 15) is 4.79 Å². The van der Waals surface area contributed by atoms with E-state index >= 15 is 0 Å². The van der Waals surface area contributed by atoms with Crippen LogP contribution < -0.4 is 5.32 Å². The number of hydrogen-bond acceptors (Lipinski definition) is 3. The van der Waals surface area contributed by atoms with Gasteiger partial charge in [-0.25, -0.2) is 0 Å². The van der Waals surface area contributed by atoms with Crippen molar-refractivity contribution in [2.24, 2.45) is 0 Å². The Labute approximate surface area is 165 Å². The van der Waals surface area contributed by atoms with E-state index in [0.29, 0.717) is 11.3 Å². The number of rotatable bonds is 2. The molecular formula is C25H15NO3. The molecule has 138 valence electrons. The van der Waals surface area contributed by atoms with Crippen molar-refractivity contribution in [1.82, 2.24) is 0 Å². The zero-order valence-electron chi connectivity index (χ0n) is 15.3. The maximum Gasteiger partial charge on any atom is 0.291 e. The van der Waals surface area contributed by atoms with E-state index in [1.807, 2.05) is 78.9 Å². The summed E-state index contributed by atoms with van der Waals surface area (Å²) in [5, 5.41) is 8.10. The van der Waals surface area contributed by atoms with Crippen molar-refractivity contribution in [3.05, 3.63) is 90.7 Å². The molecule has 4 nitrogen and oxygen atoms in total. The van der Waals surface area contributed by atoms with Gasteiger partial charge in [-0.15, -0.1) is 0 Å². The number of carbonyl (C=O) groups excluding carboxylic acids is 1. The van der Waals surface area contributed by atoms with Crippen molar-refractivity contribution < 1.29 is 13.6 Å². The first kappa shape index (κ1) is 16.0. The number of furan rings is 2. The normalized spacial score (nSPS) is 11.6. The van der Waals surface area contributed by atoms with Crippen molar-refractivity contribution in [2.45, 2.75) is 0 Å². The predicted octanol–water partition coefficient (Wildman–Crippen LogP) is 6.74. The van der Waals surface area contributed by atoms with Crippen LogP contribution in [0.4, 0.5) is 5.69 Å². The summed E-state index contributed by atoms with van der Waals surface area (Å²) < 4.78 is 11.7. The molecule has 6 rings (SSSR count). The lowest BCUT2D eigenvalue weighted by atomic mass is 10.1. The minimum Gasteiger partial charge on any atom is -0.456 e. The Morgan fingerprint density at radius 1 is 0.621 bits per heavy atom. The van der Waals surface area contributed by atoms with Gasteiger partial charge in [-0.3, -0.25) is 4.79 Å².